The molecule has 10 heavy (non-hydrogen) atoms. The highest BCUT2D eigenvalue weighted by Gasteiger charge is 2.05. The van der Waals surface area contributed by atoms with E-state index in [1.54, 1.807) is 0 Å². The summed E-state index contributed by atoms with van der Waals surface area (Å²) in [5.41, 5.74) is 0. The Kier molecular flexibility index (Phi) is 4.23. The van der Waals surface area contributed by atoms with E-state index in [2.05, 4.69) is 9.78 Å². The van der Waals surface area contributed by atoms with Crippen molar-refractivity contribution in [1.29, 1.82) is 0 Å². The van der Waals surface area contributed by atoms with Gasteiger partial charge in [0.1, 0.15) is 0 Å². The first kappa shape index (κ1) is 8.90. The first-order valence-electron chi connectivity index (χ1n) is 2.62. The molecule has 58 valence electrons. The number of rotatable bonds is 4. The second kappa shape index (κ2) is 4.75. The number of carboxylic acid groups (broad SMARTS) is 1. The minimum atomic E-state index is -1.03. The fraction of sp³-hybridized carbons (Fsp3) is 0.600. The van der Waals surface area contributed by atoms with Crippen LogP contribution in [0.2, 0.25) is 0 Å². The molecule has 0 bridgehead atoms. The summed E-state index contributed by atoms with van der Waals surface area (Å²) in [7, 11) is 1.18. The van der Waals surface area contributed by atoms with E-state index < -0.39 is 11.9 Å². The highest BCUT2D eigenvalue weighted by Crippen LogP contribution is 1.91. The molecule has 0 spiro atoms. The smallest absolute Gasteiger partial charge is 0.342 e. The quantitative estimate of drug-likeness (QED) is 0.447. The Morgan fingerprint density at radius 2 is 2.00 bits per heavy atom. The molecule has 0 heterocycles. The van der Waals surface area contributed by atoms with Crippen LogP contribution in [-0.4, -0.2) is 24.2 Å². The topological polar surface area (TPSA) is 72.8 Å². The van der Waals surface area contributed by atoms with Crippen LogP contribution in [0, 0.1) is 0 Å². The Hall–Kier alpha value is -1.10. The maximum absolute atomic E-state index is 10.3. The van der Waals surface area contributed by atoms with Crippen LogP contribution in [0.15, 0.2) is 0 Å². The van der Waals surface area contributed by atoms with E-state index in [0.717, 1.165) is 0 Å². The summed E-state index contributed by atoms with van der Waals surface area (Å²) in [5.74, 6) is -1.71. The number of hydrogen-bond acceptors (Lipinski definition) is 4. The molecule has 0 aliphatic carbocycles. The van der Waals surface area contributed by atoms with Crippen LogP contribution in [0.25, 0.3) is 0 Å². The lowest BCUT2D eigenvalue weighted by Crippen LogP contribution is -2.06. The number of aliphatic carboxylic acids is 1. The Morgan fingerprint density at radius 1 is 1.40 bits per heavy atom. The summed E-state index contributed by atoms with van der Waals surface area (Å²) in [4.78, 5) is 28.2. The normalized spacial score (nSPS) is 8.90. The summed E-state index contributed by atoms with van der Waals surface area (Å²) in [6.07, 6.45) is -0.397. The summed E-state index contributed by atoms with van der Waals surface area (Å²) >= 11 is 0. The Labute approximate surface area is 57.5 Å². The monoisotopic (exact) mass is 148 g/mol. The van der Waals surface area contributed by atoms with E-state index in [9.17, 15) is 9.59 Å². The van der Waals surface area contributed by atoms with Gasteiger partial charge in [0.05, 0.1) is 20.0 Å². The minimum Gasteiger partial charge on any atom is -0.481 e. The molecular weight excluding hydrogens is 140 g/mol. The first-order chi connectivity index (χ1) is 4.66. The first-order valence-corrected chi connectivity index (χ1v) is 2.62. The van der Waals surface area contributed by atoms with Gasteiger partial charge >= 0.3 is 11.9 Å². The van der Waals surface area contributed by atoms with E-state index >= 15 is 0 Å². The van der Waals surface area contributed by atoms with Gasteiger partial charge in [0, 0.05) is 0 Å². The maximum atomic E-state index is 10.3. The number of carbonyl (C=O) groups is 2. The molecule has 1 N–H and O–H groups in total. The Balaban J connectivity index is 3.30. The second-order valence-corrected chi connectivity index (χ2v) is 1.52. The predicted octanol–water partition coefficient (Wildman–Crippen LogP) is -0.0442. The highest BCUT2D eigenvalue weighted by atomic mass is 17.2. The average molecular weight is 148 g/mol. The fourth-order valence-corrected chi connectivity index (χ4v) is 0.344. The molecule has 0 amide bonds. The molecule has 0 saturated heterocycles. The fourth-order valence-electron chi connectivity index (χ4n) is 0.344. The van der Waals surface area contributed by atoms with Crippen LogP contribution in [0.3, 0.4) is 0 Å². The van der Waals surface area contributed by atoms with Crippen molar-refractivity contribution in [3.8, 4) is 0 Å². The summed E-state index contributed by atoms with van der Waals surface area (Å²) < 4.78 is 0. The lowest BCUT2D eigenvalue weighted by atomic mass is 10.3. The predicted molar refractivity (Wildman–Crippen MR) is 30.0 cm³/mol. The lowest BCUT2D eigenvalue weighted by molar-refractivity contribution is -0.255. The zero-order chi connectivity index (χ0) is 7.98. The lowest BCUT2D eigenvalue weighted by Gasteiger charge is -1.95. The van der Waals surface area contributed by atoms with Crippen molar-refractivity contribution in [3.05, 3.63) is 0 Å². The summed E-state index contributed by atoms with van der Waals surface area (Å²) in [6.45, 7) is 0. The SMILES string of the molecule is COOC(=O)CCC(=O)O. The standard InChI is InChI=1S/C5H8O5/c1-9-10-5(8)3-2-4(6)7/h2-3H2,1H3,(H,6,7). The Morgan fingerprint density at radius 3 is 2.40 bits per heavy atom. The Bertz CT molecular complexity index is 130. The van der Waals surface area contributed by atoms with Crippen molar-refractivity contribution in [2.75, 3.05) is 7.11 Å². The van der Waals surface area contributed by atoms with Crippen molar-refractivity contribution in [2.24, 2.45) is 0 Å². The minimum absolute atomic E-state index is 0.164. The van der Waals surface area contributed by atoms with Crippen LogP contribution in [0.1, 0.15) is 12.8 Å². The van der Waals surface area contributed by atoms with Gasteiger partial charge < -0.3 is 5.11 Å². The molecule has 0 radical (unpaired) electrons. The third-order valence-electron chi connectivity index (χ3n) is 0.719. The van der Waals surface area contributed by atoms with Gasteiger partial charge in [-0.05, 0) is 0 Å². The highest BCUT2D eigenvalue weighted by molar-refractivity contribution is 5.76. The summed E-state index contributed by atoms with van der Waals surface area (Å²) in [5, 5.41) is 8.08. The van der Waals surface area contributed by atoms with Gasteiger partial charge in [-0.2, -0.15) is 4.89 Å². The van der Waals surface area contributed by atoms with Crippen LogP contribution < -0.4 is 0 Å². The van der Waals surface area contributed by atoms with Crippen LogP contribution in [-0.2, 0) is 19.4 Å². The van der Waals surface area contributed by atoms with Crippen molar-refractivity contribution in [1.82, 2.24) is 0 Å². The van der Waals surface area contributed by atoms with Gasteiger partial charge in [-0.3, -0.25) is 9.68 Å². The number of carbonyl (C=O) groups excluding carboxylic acids is 1. The molecule has 0 saturated carbocycles. The molecule has 0 rings (SSSR count). The van der Waals surface area contributed by atoms with Gasteiger partial charge in [0.15, 0.2) is 0 Å². The third-order valence-corrected chi connectivity index (χ3v) is 0.719. The molecule has 0 atom stereocenters. The summed E-state index contributed by atoms with van der Waals surface area (Å²) in [6, 6.07) is 0. The van der Waals surface area contributed by atoms with Crippen molar-refractivity contribution >= 4 is 11.9 Å². The second-order valence-electron chi connectivity index (χ2n) is 1.52. The van der Waals surface area contributed by atoms with Gasteiger partial charge in [0.2, 0.25) is 0 Å². The zero-order valence-corrected chi connectivity index (χ0v) is 5.49. The van der Waals surface area contributed by atoms with Gasteiger partial charge in [-0.25, -0.2) is 4.79 Å². The molecule has 0 aliphatic rings. The largest absolute Gasteiger partial charge is 0.481 e. The van der Waals surface area contributed by atoms with E-state index in [4.69, 9.17) is 5.11 Å². The molecule has 0 aromatic rings. The molecule has 0 aromatic carbocycles. The molecule has 5 nitrogen and oxygen atoms in total. The van der Waals surface area contributed by atoms with Crippen LogP contribution in [0.5, 0.6) is 0 Å². The van der Waals surface area contributed by atoms with E-state index in [1.165, 1.54) is 7.11 Å². The van der Waals surface area contributed by atoms with Crippen LogP contribution >= 0.6 is 0 Å². The molecular formula is C5H8O5. The van der Waals surface area contributed by atoms with Crippen molar-refractivity contribution < 1.29 is 24.5 Å². The van der Waals surface area contributed by atoms with Gasteiger partial charge in [0.25, 0.3) is 0 Å². The van der Waals surface area contributed by atoms with Gasteiger partial charge in [-0.15, -0.1) is 0 Å². The third kappa shape index (κ3) is 5.04. The van der Waals surface area contributed by atoms with E-state index in [-0.39, 0.29) is 12.8 Å². The van der Waals surface area contributed by atoms with E-state index in [0.29, 0.717) is 0 Å². The number of carboxylic acids is 1. The number of hydrogen-bond donors (Lipinski definition) is 1. The molecule has 0 aliphatic heterocycles. The molecule has 0 fully saturated rings. The van der Waals surface area contributed by atoms with Gasteiger partial charge in [-0.1, -0.05) is 0 Å². The van der Waals surface area contributed by atoms with Crippen molar-refractivity contribution in [2.45, 2.75) is 12.8 Å². The molecule has 0 aromatic heterocycles. The maximum Gasteiger partial charge on any atom is 0.342 e. The molecule has 0 unspecified atom stereocenters. The zero-order valence-electron chi connectivity index (χ0n) is 5.49. The van der Waals surface area contributed by atoms with E-state index in [1.807, 2.05) is 0 Å². The average Bonchev–Trinajstić information content (AvgIpc) is 1.85. The van der Waals surface area contributed by atoms with Crippen LogP contribution in [0.4, 0.5) is 0 Å². The molecule has 5 heteroatoms. The van der Waals surface area contributed by atoms with Crippen molar-refractivity contribution in [3.63, 3.8) is 0 Å².